The number of aryl methyl sites for hydroxylation is 1. The molecule has 0 saturated carbocycles. The van der Waals surface area contributed by atoms with E-state index >= 15 is 8.78 Å². The van der Waals surface area contributed by atoms with Gasteiger partial charge >= 0.3 is 12.2 Å². The Bertz CT molecular complexity index is 3260. The van der Waals surface area contributed by atoms with Gasteiger partial charge in [0, 0.05) is 81.4 Å². The summed E-state index contributed by atoms with van der Waals surface area (Å²) in [6.45, 7) is 9.53. The second-order valence-corrected chi connectivity index (χ2v) is 23.4. The minimum atomic E-state index is -4.56. The highest BCUT2D eigenvalue weighted by atomic mass is 32.1. The number of hydrogen-bond donors (Lipinski definition) is 5. The van der Waals surface area contributed by atoms with Crippen LogP contribution in [0.25, 0.3) is 43.4 Å². The third-order valence-corrected chi connectivity index (χ3v) is 16.7. The fourth-order valence-electron chi connectivity index (χ4n) is 11.5. The van der Waals surface area contributed by atoms with Gasteiger partial charge in [0.2, 0.25) is 17.7 Å². The number of phenols is 1. The highest BCUT2D eigenvalue weighted by molar-refractivity contribution is 7.13. The van der Waals surface area contributed by atoms with Crippen molar-refractivity contribution in [2.24, 2.45) is 11.3 Å². The SMILES string of the molecule is Cc1ncsc1-c1ccc([C@H](C)NC(=O)[C@@H]2C[C@@H](O)CN2C(=O)[C@@H](NC(=O)CCOCCCN2C[C@@H](C(F)(F)F)[C@H]2COc2nc(N3CC4CCC(C3)N4)c3cnc(-c4cc(O)cc5cccc(F)c45)c(F)c3n2)C(C)(C)C)cc1. The zero-order chi connectivity index (χ0) is 56.8. The van der Waals surface area contributed by atoms with Crippen molar-refractivity contribution >= 4 is 56.6 Å². The van der Waals surface area contributed by atoms with Crippen LogP contribution in [-0.2, 0) is 19.1 Å². The van der Waals surface area contributed by atoms with Crippen molar-refractivity contribution in [3.8, 4) is 33.5 Å². The second-order valence-electron chi connectivity index (χ2n) is 22.5. The van der Waals surface area contributed by atoms with E-state index in [0.29, 0.717) is 30.7 Å². The summed E-state index contributed by atoms with van der Waals surface area (Å²) >= 11 is 1.54. The Hall–Kier alpha value is -6.66. The lowest BCUT2D eigenvalue weighted by molar-refractivity contribution is -0.234. The van der Waals surface area contributed by atoms with Gasteiger partial charge in [-0.3, -0.25) is 24.3 Å². The third-order valence-electron chi connectivity index (χ3n) is 15.8. The van der Waals surface area contributed by atoms with Crippen LogP contribution in [0.3, 0.4) is 0 Å². The van der Waals surface area contributed by atoms with Crippen LogP contribution in [0, 0.1) is 29.9 Å². The normalized spacial score (nSPS) is 22.1. The predicted octanol–water partition coefficient (Wildman–Crippen LogP) is 7.61. The summed E-state index contributed by atoms with van der Waals surface area (Å²) in [5, 5.41) is 31.2. The number of aliphatic hydroxyl groups excluding tert-OH is 1. The van der Waals surface area contributed by atoms with Crippen LogP contribution >= 0.6 is 11.3 Å². The Balaban J connectivity index is 0.749. The summed E-state index contributed by atoms with van der Waals surface area (Å²) in [7, 11) is 0. The van der Waals surface area contributed by atoms with Crippen LogP contribution in [0.5, 0.6) is 11.8 Å². The van der Waals surface area contributed by atoms with Crippen molar-refractivity contribution in [3.63, 3.8) is 0 Å². The lowest BCUT2D eigenvalue weighted by Gasteiger charge is -2.48. The minimum Gasteiger partial charge on any atom is -0.508 e. The Kier molecular flexibility index (Phi) is 16.3. The molecular formula is C57H65F5N10O7S. The summed E-state index contributed by atoms with van der Waals surface area (Å²) in [6, 6.07) is 10.9. The maximum Gasteiger partial charge on any atom is 0.394 e. The van der Waals surface area contributed by atoms with Crippen LogP contribution < -0.4 is 25.6 Å². The zero-order valence-electron chi connectivity index (χ0n) is 45.0. The Morgan fingerprint density at radius 1 is 0.950 bits per heavy atom. The molecule has 3 amide bonds. The summed E-state index contributed by atoms with van der Waals surface area (Å²) in [5.41, 5.74) is 3.24. The van der Waals surface area contributed by atoms with Gasteiger partial charge in [0.05, 0.1) is 52.2 Å². The molecule has 80 heavy (non-hydrogen) atoms. The number of halogens is 5. The maximum atomic E-state index is 17.0. The van der Waals surface area contributed by atoms with Crippen LogP contribution in [0.15, 0.2) is 66.3 Å². The van der Waals surface area contributed by atoms with E-state index in [1.54, 1.807) is 48.6 Å². The number of nitrogens with zero attached hydrogens (tertiary/aromatic N) is 7. The van der Waals surface area contributed by atoms with E-state index in [4.69, 9.17) is 9.47 Å². The molecule has 3 aromatic heterocycles. The molecule has 4 aliphatic heterocycles. The Morgan fingerprint density at radius 3 is 2.40 bits per heavy atom. The molecule has 2 bridgehead atoms. The number of piperazine rings is 1. The number of aliphatic hydroxyl groups is 1. The molecule has 8 atom stereocenters. The molecule has 17 nitrogen and oxygen atoms in total. The van der Waals surface area contributed by atoms with Gasteiger partial charge in [0.25, 0.3) is 0 Å². The molecule has 7 heterocycles. The first-order valence-electron chi connectivity index (χ1n) is 27.0. The number of aromatic hydroxyl groups is 1. The van der Waals surface area contributed by atoms with E-state index < -0.39 is 83.7 Å². The number of carbonyl (C=O) groups is 3. The quantitative estimate of drug-likeness (QED) is 0.0415. The van der Waals surface area contributed by atoms with E-state index in [1.807, 2.05) is 43.0 Å². The molecule has 0 radical (unpaired) electrons. The van der Waals surface area contributed by atoms with E-state index in [1.165, 1.54) is 35.4 Å². The molecular weight excluding hydrogens is 1060 g/mol. The summed E-state index contributed by atoms with van der Waals surface area (Å²) in [5.74, 6) is -4.73. The fourth-order valence-corrected chi connectivity index (χ4v) is 12.3. The summed E-state index contributed by atoms with van der Waals surface area (Å²) < 4.78 is 87.3. The number of phenolic OH excluding ortho intramolecular Hbond substituents is 1. The molecule has 2 unspecified atom stereocenters. The first-order valence-corrected chi connectivity index (χ1v) is 27.9. The molecule has 3 aromatic carbocycles. The van der Waals surface area contributed by atoms with Gasteiger partial charge in [-0.2, -0.15) is 23.1 Å². The number of thiazole rings is 1. The van der Waals surface area contributed by atoms with Crippen molar-refractivity contribution in [2.75, 3.05) is 57.4 Å². The number of alkyl halides is 3. The molecule has 5 N–H and O–H groups in total. The van der Waals surface area contributed by atoms with Gasteiger partial charge in [-0.15, -0.1) is 11.3 Å². The number of anilines is 1. The number of β-amino-alcohol motifs (C(OH)–C–C–N with tert-alkyl or cyclic N) is 1. The fraction of sp³-hybridized carbons (Fsp3) is 0.491. The number of benzene rings is 3. The first kappa shape index (κ1) is 56.6. The van der Waals surface area contributed by atoms with E-state index in [-0.39, 0.29) is 97.1 Å². The van der Waals surface area contributed by atoms with Crippen LogP contribution in [0.1, 0.15) is 77.1 Å². The van der Waals surface area contributed by atoms with Crippen molar-refractivity contribution < 1.29 is 56.0 Å². The van der Waals surface area contributed by atoms with Crippen molar-refractivity contribution in [1.82, 2.24) is 45.7 Å². The summed E-state index contributed by atoms with van der Waals surface area (Å²) in [4.78, 5) is 65.1. The van der Waals surface area contributed by atoms with Crippen LogP contribution in [-0.4, -0.2) is 153 Å². The van der Waals surface area contributed by atoms with Crippen molar-refractivity contribution in [1.29, 1.82) is 0 Å². The largest absolute Gasteiger partial charge is 0.508 e. The molecule has 0 spiro atoms. The van der Waals surface area contributed by atoms with Crippen LogP contribution in [0.2, 0.25) is 0 Å². The molecule has 426 valence electrons. The lowest BCUT2D eigenvalue weighted by Crippen LogP contribution is -2.63. The monoisotopic (exact) mass is 1130 g/mol. The molecule has 10 rings (SSSR count). The number of carbonyl (C=O) groups excluding carboxylic acids is 3. The maximum absolute atomic E-state index is 17.0. The lowest BCUT2D eigenvalue weighted by atomic mass is 9.85. The molecule has 4 fully saturated rings. The zero-order valence-corrected chi connectivity index (χ0v) is 45.8. The van der Waals surface area contributed by atoms with Gasteiger partial charge in [-0.05, 0) is 73.2 Å². The van der Waals surface area contributed by atoms with Gasteiger partial charge in [-0.25, -0.2) is 13.8 Å². The predicted molar refractivity (Wildman–Crippen MR) is 291 cm³/mol. The highest BCUT2D eigenvalue weighted by Crippen LogP contribution is 2.41. The smallest absolute Gasteiger partial charge is 0.394 e. The molecule has 4 saturated heterocycles. The number of likely N-dealkylation sites (tertiary alicyclic amines) is 2. The summed E-state index contributed by atoms with van der Waals surface area (Å²) in [6.07, 6.45) is -2.10. The average molecular weight is 1130 g/mol. The Morgan fingerprint density at radius 2 is 1.70 bits per heavy atom. The van der Waals surface area contributed by atoms with Gasteiger partial charge < -0.3 is 45.4 Å². The van der Waals surface area contributed by atoms with Crippen LogP contribution in [0.4, 0.5) is 27.8 Å². The minimum absolute atomic E-state index is 0.0174. The standard InChI is InChI=1S/C57H65F5N10O7S/c1-30(32-10-12-33(13-11-32)50-31(2)64-29-80-50)65-53(76)43-22-38(74)26-72(43)54(77)51(56(3,4)5)67-45(75)16-19-78-18-7-17-70-27-41(57(60,61)62)44(70)28-79-55-68-49-40(52(69-55)71-24-35-14-15-36(25-71)66-35)23-63-48(47(49)59)39-21-37(73)20-34-8-6-9-42(58)46(34)39/h6,8-13,20-21,23,29-30,35-36,38,41,43-44,51,66,73-74H,7,14-19,22,24-28H2,1-5H3,(H,65,76)(H,67,75)/t30-,35?,36?,38+,41+,43-,44+,51+/m0/s1. The number of ether oxygens (including phenoxy) is 2. The van der Waals surface area contributed by atoms with Gasteiger partial charge in [0.1, 0.15) is 47.3 Å². The van der Waals surface area contributed by atoms with E-state index in [9.17, 15) is 37.8 Å². The number of hydrogen-bond acceptors (Lipinski definition) is 15. The number of fused-ring (bicyclic) bond motifs is 4. The molecule has 0 aliphatic carbocycles. The number of nitrogens with one attached hydrogen (secondary N) is 3. The molecule has 6 aromatic rings. The van der Waals surface area contributed by atoms with Gasteiger partial charge in [0.15, 0.2) is 5.82 Å². The highest BCUT2D eigenvalue weighted by Gasteiger charge is 2.54. The average Bonchev–Trinajstić information content (AvgIpc) is 4.17. The van der Waals surface area contributed by atoms with Crippen molar-refractivity contribution in [2.45, 2.75) is 115 Å². The van der Waals surface area contributed by atoms with E-state index in [0.717, 1.165) is 34.5 Å². The van der Waals surface area contributed by atoms with Gasteiger partial charge in [-0.1, -0.05) is 57.2 Å². The third kappa shape index (κ3) is 12.0. The van der Waals surface area contributed by atoms with E-state index in [2.05, 4.69) is 35.9 Å². The number of pyridine rings is 1. The number of aromatic nitrogens is 4. The first-order chi connectivity index (χ1) is 38.1. The molecule has 4 aliphatic rings. The Labute approximate surface area is 463 Å². The number of amides is 3. The van der Waals surface area contributed by atoms with Crippen molar-refractivity contribution in [3.05, 3.63) is 89.2 Å². The second kappa shape index (κ2) is 23.1. The number of rotatable bonds is 18. The molecule has 23 heteroatoms. The topological polar surface area (TPSA) is 208 Å².